The standard InChI is InChI=1S/C53H100O14/c1-3-5-7-9-11-13-15-17-19-20-21-22-24-26-28-30-32-34-36-45(55)65-42(39-62-37-35-33-31-29-27-25-23-18-16-14-12-10-8-6-4-2)40-63-52-51(61)49(59)47(57)44(67-52)41-64-53-50(60)48(58)46(56)43(38-54)66-53/h16,18,42-44,46-54,56-61H,3-15,17,19-41H2,1-2H3/b18-16-. The minimum atomic E-state index is -1.70. The third-order valence-corrected chi connectivity index (χ3v) is 13.3. The molecular weight excluding hydrogens is 861 g/mol. The molecule has 11 atom stereocenters. The van der Waals surface area contributed by atoms with Crippen LogP contribution < -0.4 is 0 Å². The molecule has 0 aromatic heterocycles. The summed E-state index contributed by atoms with van der Waals surface area (Å²) >= 11 is 0. The van der Waals surface area contributed by atoms with E-state index in [9.17, 15) is 40.5 Å². The Labute approximate surface area is 405 Å². The number of ether oxygens (including phenoxy) is 6. The van der Waals surface area contributed by atoms with E-state index in [1.807, 2.05) is 0 Å². The Bertz CT molecular complexity index is 1160. The fourth-order valence-electron chi connectivity index (χ4n) is 8.81. The van der Waals surface area contributed by atoms with E-state index in [1.165, 1.54) is 148 Å². The monoisotopic (exact) mass is 961 g/mol. The highest BCUT2D eigenvalue weighted by molar-refractivity contribution is 5.69. The van der Waals surface area contributed by atoms with E-state index < -0.39 is 80.7 Å². The van der Waals surface area contributed by atoms with E-state index in [2.05, 4.69) is 26.0 Å². The number of allylic oxidation sites excluding steroid dienone is 2. The number of esters is 1. The molecule has 0 aliphatic carbocycles. The second-order valence-electron chi connectivity index (χ2n) is 19.4. The molecule has 0 spiro atoms. The lowest BCUT2D eigenvalue weighted by molar-refractivity contribution is -0.332. The van der Waals surface area contributed by atoms with Crippen molar-refractivity contribution in [3.8, 4) is 0 Å². The Morgan fingerprint density at radius 3 is 1.36 bits per heavy atom. The number of unbranched alkanes of at least 4 members (excludes halogenated alkanes) is 28. The molecule has 7 N–H and O–H groups in total. The molecule has 0 aromatic rings. The minimum absolute atomic E-state index is 0.0629. The average molecular weight is 961 g/mol. The fourth-order valence-corrected chi connectivity index (χ4v) is 8.81. The van der Waals surface area contributed by atoms with E-state index in [1.54, 1.807) is 0 Å². The van der Waals surface area contributed by atoms with Gasteiger partial charge in [0.1, 0.15) is 54.9 Å². The zero-order valence-electron chi connectivity index (χ0n) is 42.2. The highest BCUT2D eigenvalue weighted by Gasteiger charge is 2.47. The lowest BCUT2D eigenvalue weighted by atomic mass is 9.98. The summed E-state index contributed by atoms with van der Waals surface area (Å²) in [5.74, 6) is -0.373. The van der Waals surface area contributed by atoms with E-state index in [0.717, 1.165) is 44.9 Å². The van der Waals surface area contributed by atoms with E-state index in [4.69, 9.17) is 28.4 Å². The van der Waals surface area contributed by atoms with Gasteiger partial charge in [-0.05, 0) is 38.5 Å². The van der Waals surface area contributed by atoms with Crippen LogP contribution in [0.25, 0.3) is 0 Å². The molecule has 11 unspecified atom stereocenters. The van der Waals surface area contributed by atoms with Crippen LogP contribution in [0.15, 0.2) is 12.2 Å². The second-order valence-corrected chi connectivity index (χ2v) is 19.4. The number of carbonyl (C=O) groups excluding carboxylic acids is 1. The number of rotatable bonds is 44. The van der Waals surface area contributed by atoms with Crippen LogP contribution in [0.1, 0.15) is 219 Å². The third-order valence-electron chi connectivity index (χ3n) is 13.3. The summed E-state index contributed by atoms with van der Waals surface area (Å²) in [6, 6.07) is 0. The average Bonchev–Trinajstić information content (AvgIpc) is 3.32. The quantitative estimate of drug-likeness (QED) is 0.0173. The lowest BCUT2D eigenvalue weighted by Crippen LogP contribution is -2.61. The predicted molar refractivity (Wildman–Crippen MR) is 261 cm³/mol. The fraction of sp³-hybridized carbons (Fsp3) is 0.943. The van der Waals surface area contributed by atoms with Crippen molar-refractivity contribution in [3.05, 3.63) is 12.2 Å². The summed E-state index contributed by atoms with van der Waals surface area (Å²) in [6.45, 7) is 3.71. The summed E-state index contributed by atoms with van der Waals surface area (Å²) < 4.78 is 34.3. The molecular formula is C53H100O14. The van der Waals surface area contributed by atoms with Crippen LogP contribution in [0, 0.1) is 0 Å². The van der Waals surface area contributed by atoms with Crippen LogP contribution in [0.3, 0.4) is 0 Å². The highest BCUT2D eigenvalue weighted by atomic mass is 16.7. The molecule has 2 heterocycles. The Morgan fingerprint density at radius 2 is 0.881 bits per heavy atom. The summed E-state index contributed by atoms with van der Waals surface area (Å²) in [6.07, 6.45) is 27.0. The smallest absolute Gasteiger partial charge is 0.306 e. The number of aliphatic hydroxyl groups excluding tert-OH is 7. The van der Waals surface area contributed by atoms with Gasteiger partial charge in [-0.15, -0.1) is 0 Å². The van der Waals surface area contributed by atoms with Crippen LogP contribution in [-0.4, -0.2) is 142 Å². The van der Waals surface area contributed by atoms with Crippen molar-refractivity contribution in [1.29, 1.82) is 0 Å². The summed E-state index contributed by atoms with van der Waals surface area (Å²) in [5.41, 5.74) is 0. The molecule has 0 bridgehead atoms. The maximum Gasteiger partial charge on any atom is 0.306 e. The van der Waals surface area contributed by atoms with Gasteiger partial charge < -0.3 is 64.2 Å². The molecule has 0 aromatic carbocycles. The van der Waals surface area contributed by atoms with Crippen molar-refractivity contribution in [1.82, 2.24) is 0 Å². The summed E-state index contributed by atoms with van der Waals surface area (Å²) in [5, 5.41) is 72.2. The zero-order valence-corrected chi connectivity index (χ0v) is 42.2. The Kier molecular flexibility index (Phi) is 38.2. The summed E-state index contributed by atoms with van der Waals surface area (Å²) in [4.78, 5) is 13.0. The molecule has 67 heavy (non-hydrogen) atoms. The second kappa shape index (κ2) is 41.4. The molecule has 14 nitrogen and oxygen atoms in total. The van der Waals surface area contributed by atoms with Crippen molar-refractivity contribution in [2.45, 2.75) is 287 Å². The first-order valence-corrected chi connectivity index (χ1v) is 27.3. The largest absolute Gasteiger partial charge is 0.457 e. The predicted octanol–water partition coefficient (Wildman–Crippen LogP) is 8.63. The van der Waals surface area contributed by atoms with Crippen molar-refractivity contribution in [2.24, 2.45) is 0 Å². The van der Waals surface area contributed by atoms with Gasteiger partial charge in [0.25, 0.3) is 0 Å². The third kappa shape index (κ3) is 29.0. The van der Waals surface area contributed by atoms with Gasteiger partial charge in [-0.1, -0.05) is 187 Å². The van der Waals surface area contributed by atoms with Gasteiger partial charge in [0, 0.05) is 13.0 Å². The maximum atomic E-state index is 13.0. The molecule has 0 radical (unpaired) electrons. The normalized spacial score (nSPS) is 26.1. The van der Waals surface area contributed by atoms with E-state index >= 15 is 0 Å². The molecule has 396 valence electrons. The van der Waals surface area contributed by atoms with Crippen molar-refractivity contribution >= 4 is 5.97 Å². The van der Waals surface area contributed by atoms with Gasteiger partial charge in [0.2, 0.25) is 0 Å². The topological polar surface area (TPSA) is 214 Å². The van der Waals surface area contributed by atoms with E-state index in [-0.39, 0.29) is 25.6 Å². The van der Waals surface area contributed by atoms with Crippen LogP contribution >= 0.6 is 0 Å². The first-order valence-electron chi connectivity index (χ1n) is 27.3. The maximum absolute atomic E-state index is 13.0. The van der Waals surface area contributed by atoms with E-state index in [0.29, 0.717) is 13.0 Å². The van der Waals surface area contributed by atoms with Crippen LogP contribution in [0.2, 0.25) is 0 Å². The first kappa shape index (κ1) is 61.8. The molecule has 0 saturated carbocycles. The van der Waals surface area contributed by atoms with Gasteiger partial charge >= 0.3 is 5.97 Å². The molecule has 2 aliphatic rings. The van der Waals surface area contributed by atoms with Gasteiger partial charge in [-0.2, -0.15) is 0 Å². The van der Waals surface area contributed by atoms with Crippen molar-refractivity contribution in [3.63, 3.8) is 0 Å². The van der Waals surface area contributed by atoms with Crippen LogP contribution in [0.4, 0.5) is 0 Å². The van der Waals surface area contributed by atoms with Gasteiger partial charge in [0.05, 0.1) is 26.4 Å². The summed E-state index contributed by atoms with van der Waals surface area (Å²) in [7, 11) is 0. The number of hydrogen-bond acceptors (Lipinski definition) is 14. The molecule has 2 aliphatic heterocycles. The minimum Gasteiger partial charge on any atom is -0.457 e. The van der Waals surface area contributed by atoms with Crippen LogP contribution in [0.5, 0.6) is 0 Å². The molecule has 14 heteroatoms. The van der Waals surface area contributed by atoms with Gasteiger partial charge in [-0.25, -0.2) is 0 Å². The van der Waals surface area contributed by atoms with Crippen LogP contribution in [-0.2, 0) is 33.2 Å². The Hall–Kier alpha value is -1.27. The van der Waals surface area contributed by atoms with Gasteiger partial charge in [-0.3, -0.25) is 4.79 Å². The number of hydrogen-bond donors (Lipinski definition) is 7. The molecule has 2 rings (SSSR count). The number of carbonyl (C=O) groups is 1. The van der Waals surface area contributed by atoms with Crippen molar-refractivity contribution < 1.29 is 69.0 Å². The number of aliphatic hydroxyl groups is 7. The molecule has 2 saturated heterocycles. The Balaban J connectivity index is 1.74. The molecule has 2 fully saturated rings. The first-order chi connectivity index (χ1) is 32.6. The van der Waals surface area contributed by atoms with Crippen molar-refractivity contribution in [2.75, 3.05) is 33.0 Å². The lowest BCUT2D eigenvalue weighted by Gasteiger charge is -2.42. The highest BCUT2D eigenvalue weighted by Crippen LogP contribution is 2.27. The van der Waals surface area contributed by atoms with Gasteiger partial charge in [0.15, 0.2) is 12.6 Å². The molecule has 0 amide bonds. The SMILES string of the molecule is CCCCCCC/C=C\CCCCCCCCOCC(COC1OC(COC2OC(CO)C(O)C(O)C2O)C(O)C(O)C1O)OC(=O)CCCCCCCCCCCCCCCCCCCC. The Morgan fingerprint density at radius 1 is 0.478 bits per heavy atom. The zero-order chi connectivity index (χ0) is 48.7.